The molecule has 0 aliphatic rings. The van der Waals surface area contributed by atoms with Gasteiger partial charge in [0, 0.05) is 36.8 Å². The number of aromatic nitrogens is 1. The molecule has 0 aliphatic heterocycles. The smallest absolute Gasteiger partial charge is 0.263 e. The molecule has 9 heteroatoms. The minimum absolute atomic E-state index is 0.0205. The van der Waals surface area contributed by atoms with Crippen LogP contribution < -0.4 is 34.0 Å². The second-order valence-electron chi connectivity index (χ2n) is 8.07. The Bertz CT molecular complexity index is 1510. The molecule has 3 aromatic carbocycles. The van der Waals surface area contributed by atoms with Crippen LogP contribution in [0.3, 0.4) is 0 Å². The second kappa shape index (κ2) is 10.5. The Morgan fingerprint density at radius 3 is 1.92 bits per heavy atom. The van der Waals surface area contributed by atoms with Crippen LogP contribution in [-0.4, -0.2) is 53.1 Å². The minimum Gasteiger partial charge on any atom is -0.497 e. The van der Waals surface area contributed by atoms with Crippen molar-refractivity contribution < 1.29 is 28.5 Å². The molecule has 0 unspecified atom stereocenters. The van der Waals surface area contributed by atoms with Crippen LogP contribution >= 0.6 is 0 Å². The predicted octanol–water partition coefficient (Wildman–Crippen LogP) is 4.31. The number of rotatable bonds is 8. The van der Waals surface area contributed by atoms with Gasteiger partial charge in [-0.1, -0.05) is 0 Å². The second-order valence-corrected chi connectivity index (χ2v) is 8.07. The van der Waals surface area contributed by atoms with Crippen LogP contribution in [0.5, 0.6) is 28.7 Å². The van der Waals surface area contributed by atoms with Crippen molar-refractivity contribution in [1.82, 2.24) is 4.57 Å². The van der Waals surface area contributed by atoms with E-state index in [4.69, 9.17) is 23.7 Å². The zero-order valence-corrected chi connectivity index (χ0v) is 21.5. The molecule has 9 nitrogen and oxygen atoms in total. The molecule has 4 aromatic rings. The third kappa shape index (κ3) is 4.63. The van der Waals surface area contributed by atoms with Gasteiger partial charge in [0.2, 0.25) is 5.43 Å². The number of carbonyl (C=O) groups excluding carboxylic acids is 1. The van der Waals surface area contributed by atoms with Crippen LogP contribution in [0.1, 0.15) is 10.4 Å². The van der Waals surface area contributed by atoms with Gasteiger partial charge in [0.25, 0.3) is 5.91 Å². The van der Waals surface area contributed by atoms with E-state index in [9.17, 15) is 9.59 Å². The van der Waals surface area contributed by atoms with Gasteiger partial charge in [0.15, 0.2) is 23.0 Å². The number of methoxy groups -OCH3 is 5. The maximum atomic E-state index is 13.7. The molecule has 0 aliphatic carbocycles. The van der Waals surface area contributed by atoms with Crippen LogP contribution in [-0.2, 0) is 0 Å². The van der Waals surface area contributed by atoms with Crippen molar-refractivity contribution >= 4 is 22.5 Å². The molecule has 0 spiro atoms. The van der Waals surface area contributed by atoms with Gasteiger partial charge in [-0.25, -0.2) is 0 Å². The van der Waals surface area contributed by atoms with Gasteiger partial charge in [-0.3, -0.25) is 9.59 Å². The van der Waals surface area contributed by atoms with Crippen molar-refractivity contribution in [3.8, 4) is 34.4 Å². The fraction of sp³-hybridized carbons (Fsp3) is 0.214. The summed E-state index contributed by atoms with van der Waals surface area (Å²) in [5.74, 6) is 2.05. The van der Waals surface area contributed by atoms with Gasteiger partial charge in [-0.15, -0.1) is 0 Å². The largest absolute Gasteiger partial charge is 0.497 e. The lowest BCUT2D eigenvalue weighted by atomic mass is 10.1. The van der Waals surface area contributed by atoms with E-state index in [2.05, 4.69) is 0 Å². The van der Waals surface area contributed by atoms with Crippen LogP contribution in [0.15, 0.2) is 65.6 Å². The van der Waals surface area contributed by atoms with Crippen LogP contribution in [0.4, 0.5) is 5.69 Å². The Morgan fingerprint density at radius 2 is 1.32 bits per heavy atom. The molecule has 1 amide bonds. The SMILES string of the molecule is COc1ccc(N(C)C(=O)c2cn(-c3ccc(OC)c(OC)c3)c3cc(OC)c(OC)cc3c2=O)cc1. The van der Waals surface area contributed by atoms with Crippen molar-refractivity contribution in [2.24, 2.45) is 0 Å². The monoisotopic (exact) mass is 504 g/mol. The van der Waals surface area contributed by atoms with Gasteiger partial charge >= 0.3 is 0 Å². The number of anilines is 1. The number of hydrogen-bond donors (Lipinski definition) is 0. The number of hydrogen-bond acceptors (Lipinski definition) is 7. The predicted molar refractivity (Wildman–Crippen MR) is 141 cm³/mol. The highest BCUT2D eigenvalue weighted by Crippen LogP contribution is 2.34. The number of carbonyl (C=O) groups is 1. The summed E-state index contributed by atoms with van der Waals surface area (Å²) in [7, 11) is 9.28. The molecular formula is C28H28N2O7. The number of nitrogens with zero attached hydrogens (tertiary/aromatic N) is 2. The summed E-state index contributed by atoms with van der Waals surface area (Å²) >= 11 is 0. The molecule has 0 saturated heterocycles. The molecule has 0 radical (unpaired) electrons. The maximum Gasteiger partial charge on any atom is 0.263 e. The number of pyridine rings is 1. The summed E-state index contributed by atoms with van der Waals surface area (Å²) in [6, 6.07) is 15.6. The van der Waals surface area contributed by atoms with E-state index in [0.29, 0.717) is 51.0 Å². The molecule has 0 bridgehead atoms. The Kier molecular flexibility index (Phi) is 7.24. The minimum atomic E-state index is -0.471. The highest BCUT2D eigenvalue weighted by Gasteiger charge is 2.22. The van der Waals surface area contributed by atoms with Crippen molar-refractivity contribution in [3.63, 3.8) is 0 Å². The molecule has 1 aromatic heterocycles. The third-order valence-corrected chi connectivity index (χ3v) is 6.15. The van der Waals surface area contributed by atoms with Gasteiger partial charge in [-0.2, -0.15) is 0 Å². The molecule has 0 atom stereocenters. The van der Waals surface area contributed by atoms with E-state index in [-0.39, 0.29) is 5.56 Å². The van der Waals surface area contributed by atoms with Crippen molar-refractivity contribution in [1.29, 1.82) is 0 Å². The Morgan fingerprint density at radius 1 is 0.730 bits per heavy atom. The lowest BCUT2D eigenvalue weighted by Crippen LogP contribution is -2.31. The highest BCUT2D eigenvalue weighted by molar-refractivity contribution is 6.07. The zero-order valence-electron chi connectivity index (χ0n) is 21.5. The lowest BCUT2D eigenvalue weighted by molar-refractivity contribution is 0.0991. The normalized spacial score (nSPS) is 10.6. The molecule has 0 fully saturated rings. The standard InChI is InChI=1S/C28H28N2O7/c1-29(17-7-10-19(33-2)11-8-17)28(32)21-16-30(18-9-12-23(34-3)24(13-18)35-4)22-15-26(37-6)25(36-5)14-20(22)27(21)31/h7-16H,1-6H3. The summed E-state index contributed by atoms with van der Waals surface area (Å²) in [6.45, 7) is 0. The van der Waals surface area contributed by atoms with E-state index in [1.807, 2.05) is 6.07 Å². The first-order valence-electron chi connectivity index (χ1n) is 11.3. The van der Waals surface area contributed by atoms with Crippen LogP contribution in [0.2, 0.25) is 0 Å². The molecule has 0 N–H and O–H groups in total. The first-order chi connectivity index (χ1) is 17.9. The fourth-order valence-corrected chi connectivity index (χ4v) is 4.10. The van der Waals surface area contributed by atoms with E-state index in [1.54, 1.807) is 74.4 Å². The number of ether oxygens (including phenoxy) is 5. The molecule has 192 valence electrons. The number of fused-ring (bicyclic) bond motifs is 1. The summed E-state index contributed by atoms with van der Waals surface area (Å²) < 4.78 is 28.7. The zero-order chi connectivity index (χ0) is 26.7. The van der Waals surface area contributed by atoms with Gasteiger partial charge in [-0.05, 0) is 42.5 Å². The molecule has 1 heterocycles. The van der Waals surface area contributed by atoms with Gasteiger partial charge in [0.1, 0.15) is 11.3 Å². The molecule has 4 rings (SSSR count). The van der Waals surface area contributed by atoms with E-state index in [0.717, 1.165) is 0 Å². The Hall–Kier alpha value is -4.66. The molecular weight excluding hydrogens is 476 g/mol. The fourth-order valence-electron chi connectivity index (χ4n) is 4.10. The van der Waals surface area contributed by atoms with Gasteiger partial charge < -0.3 is 33.2 Å². The molecule has 37 heavy (non-hydrogen) atoms. The van der Waals surface area contributed by atoms with E-state index in [1.165, 1.54) is 32.4 Å². The van der Waals surface area contributed by atoms with E-state index < -0.39 is 11.3 Å². The van der Waals surface area contributed by atoms with Crippen molar-refractivity contribution in [2.75, 3.05) is 47.5 Å². The van der Waals surface area contributed by atoms with Crippen molar-refractivity contribution in [2.45, 2.75) is 0 Å². The van der Waals surface area contributed by atoms with E-state index >= 15 is 0 Å². The maximum absolute atomic E-state index is 13.7. The van der Waals surface area contributed by atoms with Crippen molar-refractivity contribution in [3.05, 3.63) is 76.6 Å². The summed E-state index contributed by atoms with van der Waals surface area (Å²) in [5.41, 5.74) is 1.33. The Labute approximate surface area is 214 Å². The lowest BCUT2D eigenvalue weighted by Gasteiger charge is -2.20. The highest BCUT2D eigenvalue weighted by atomic mass is 16.5. The number of benzene rings is 3. The third-order valence-electron chi connectivity index (χ3n) is 6.15. The molecule has 0 saturated carbocycles. The first-order valence-corrected chi connectivity index (χ1v) is 11.3. The average Bonchev–Trinajstić information content (AvgIpc) is 2.95. The number of amides is 1. The topological polar surface area (TPSA) is 88.5 Å². The van der Waals surface area contributed by atoms with Gasteiger partial charge in [0.05, 0.1) is 46.5 Å². The summed E-state index contributed by atoms with van der Waals surface area (Å²) in [5, 5.41) is 0.293. The van der Waals surface area contributed by atoms with Crippen LogP contribution in [0.25, 0.3) is 16.6 Å². The quantitative estimate of drug-likeness (QED) is 0.353. The average molecular weight is 505 g/mol. The summed E-state index contributed by atoms with van der Waals surface area (Å²) in [6.07, 6.45) is 1.53. The first kappa shape index (κ1) is 25.4. The van der Waals surface area contributed by atoms with Crippen LogP contribution in [0, 0.1) is 0 Å². The summed E-state index contributed by atoms with van der Waals surface area (Å²) in [4.78, 5) is 28.7. The Balaban J connectivity index is 1.97.